The standard InChI is InChI=1S/C20H25N3O2S/c1-11-7-6-8-12(9-11)17(25)22-18-14(16(21)24)13-10-19(2,3)23-20(4,5)15(13)26-18/h6-9,23H,10H2,1-5H3,(H2,21,24)(H,22,25). The molecule has 4 N–H and O–H groups in total. The summed E-state index contributed by atoms with van der Waals surface area (Å²) in [7, 11) is 0. The van der Waals surface area contributed by atoms with Crippen molar-refractivity contribution in [3.63, 3.8) is 0 Å². The highest BCUT2D eigenvalue weighted by Crippen LogP contribution is 2.44. The molecule has 1 aromatic heterocycles. The summed E-state index contributed by atoms with van der Waals surface area (Å²) in [6.07, 6.45) is 0.681. The fourth-order valence-corrected chi connectivity index (χ4v) is 5.12. The van der Waals surface area contributed by atoms with Gasteiger partial charge in [-0.25, -0.2) is 0 Å². The first kappa shape index (κ1) is 18.6. The molecule has 0 radical (unpaired) electrons. The van der Waals surface area contributed by atoms with Crippen LogP contribution in [0.15, 0.2) is 24.3 Å². The predicted octanol–water partition coefficient (Wildman–Crippen LogP) is 3.57. The number of benzene rings is 1. The Labute approximate surface area is 158 Å². The second-order valence-corrected chi connectivity index (χ2v) is 9.13. The molecule has 5 nitrogen and oxygen atoms in total. The van der Waals surface area contributed by atoms with Gasteiger partial charge in [-0.2, -0.15) is 0 Å². The number of aryl methyl sites for hydroxylation is 1. The van der Waals surface area contributed by atoms with Crippen LogP contribution in [0.2, 0.25) is 0 Å². The molecule has 0 spiro atoms. The van der Waals surface area contributed by atoms with Crippen LogP contribution >= 0.6 is 11.3 Å². The quantitative estimate of drug-likeness (QED) is 0.771. The lowest BCUT2D eigenvalue weighted by molar-refractivity contribution is 0.0999. The van der Waals surface area contributed by atoms with Crippen LogP contribution in [0.3, 0.4) is 0 Å². The third-order valence-corrected chi connectivity index (χ3v) is 6.07. The van der Waals surface area contributed by atoms with Crippen molar-refractivity contribution in [1.29, 1.82) is 0 Å². The predicted molar refractivity (Wildman–Crippen MR) is 106 cm³/mol. The molecule has 2 amide bonds. The molecule has 0 saturated carbocycles. The van der Waals surface area contributed by atoms with Gasteiger partial charge in [0.2, 0.25) is 0 Å². The molecule has 0 bridgehead atoms. The van der Waals surface area contributed by atoms with Crippen molar-refractivity contribution < 1.29 is 9.59 Å². The van der Waals surface area contributed by atoms with Gasteiger partial charge in [0.05, 0.1) is 5.56 Å². The molecule has 0 saturated heterocycles. The number of amides is 2. The summed E-state index contributed by atoms with van der Waals surface area (Å²) in [6.45, 7) is 10.3. The average Bonchev–Trinajstić information content (AvgIpc) is 2.84. The zero-order valence-electron chi connectivity index (χ0n) is 15.8. The first-order valence-electron chi connectivity index (χ1n) is 8.63. The maximum Gasteiger partial charge on any atom is 0.256 e. The molecular weight excluding hydrogens is 346 g/mol. The van der Waals surface area contributed by atoms with E-state index in [9.17, 15) is 9.59 Å². The molecule has 0 unspecified atom stereocenters. The van der Waals surface area contributed by atoms with Gasteiger partial charge >= 0.3 is 0 Å². The second kappa shape index (κ2) is 6.21. The molecule has 3 rings (SSSR count). The maximum atomic E-state index is 12.7. The Morgan fingerprint density at radius 2 is 1.92 bits per heavy atom. The Balaban J connectivity index is 2.05. The fraction of sp³-hybridized carbons (Fsp3) is 0.400. The van der Waals surface area contributed by atoms with E-state index in [1.54, 1.807) is 6.07 Å². The first-order chi connectivity index (χ1) is 12.0. The van der Waals surface area contributed by atoms with Gasteiger partial charge in [-0.05, 0) is 58.7 Å². The summed E-state index contributed by atoms with van der Waals surface area (Å²) in [5.41, 5.74) is 8.16. The van der Waals surface area contributed by atoms with Crippen LogP contribution in [-0.2, 0) is 12.0 Å². The van der Waals surface area contributed by atoms with E-state index in [4.69, 9.17) is 5.73 Å². The number of nitrogens with two attached hydrogens (primary N) is 1. The van der Waals surface area contributed by atoms with Crippen LogP contribution in [0.25, 0.3) is 0 Å². The van der Waals surface area contributed by atoms with Crippen molar-refractivity contribution in [3.05, 3.63) is 51.4 Å². The van der Waals surface area contributed by atoms with Crippen molar-refractivity contribution in [1.82, 2.24) is 5.32 Å². The number of fused-ring (bicyclic) bond motifs is 1. The molecule has 6 heteroatoms. The van der Waals surface area contributed by atoms with Gasteiger partial charge in [-0.15, -0.1) is 11.3 Å². The number of carbonyl (C=O) groups excluding carboxylic acids is 2. The molecular formula is C20H25N3O2S. The molecule has 2 aromatic rings. The first-order valence-corrected chi connectivity index (χ1v) is 9.45. The Bertz CT molecular complexity index is 896. The largest absolute Gasteiger partial charge is 0.365 e. The van der Waals surface area contributed by atoms with Crippen molar-refractivity contribution >= 4 is 28.2 Å². The minimum absolute atomic E-state index is 0.167. The van der Waals surface area contributed by atoms with Crippen LogP contribution in [0, 0.1) is 6.92 Å². The highest BCUT2D eigenvalue weighted by atomic mass is 32.1. The van der Waals surface area contributed by atoms with Crippen LogP contribution in [0.1, 0.15) is 64.4 Å². The summed E-state index contributed by atoms with van der Waals surface area (Å²) in [5.74, 6) is -0.740. The van der Waals surface area contributed by atoms with Gasteiger partial charge in [0.1, 0.15) is 5.00 Å². The summed E-state index contributed by atoms with van der Waals surface area (Å²) in [6, 6.07) is 7.36. The van der Waals surface area contributed by atoms with Crippen molar-refractivity contribution in [2.45, 2.75) is 52.1 Å². The lowest BCUT2D eigenvalue weighted by atomic mass is 9.81. The van der Waals surface area contributed by atoms with E-state index in [1.165, 1.54) is 11.3 Å². The highest BCUT2D eigenvalue weighted by molar-refractivity contribution is 7.17. The summed E-state index contributed by atoms with van der Waals surface area (Å²) >= 11 is 1.43. The van der Waals surface area contributed by atoms with Crippen LogP contribution in [-0.4, -0.2) is 17.4 Å². The van der Waals surface area contributed by atoms with Gasteiger partial charge < -0.3 is 16.4 Å². The second-order valence-electron chi connectivity index (χ2n) is 8.11. The maximum absolute atomic E-state index is 12.7. The van der Waals surface area contributed by atoms with E-state index in [0.29, 0.717) is 22.5 Å². The Morgan fingerprint density at radius 3 is 2.54 bits per heavy atom. The number of rotatable bonds is 3. The number of carbonyl (C=O) groups is 2. The van der Waals surface area contributed by atoms with Crippen molar-refractivity contribution in [3.8, 4) is 0 Å². The number of nitrogens with one attached hydrogen (secondary N) is 2. The number of anilines is 1. The average molecular weight is 372 g/mol. The Kier molecular flexibility index (Phi) is 4.45. The summed E-state index contributed by atoms with van der Waals surface area (Å²) < 4.78 is 0. The lowest BCUT2D eigenvalue weighted by Gasteiger charge is -2.42. The van der Waals surface area contributed by atoms with Crippen LogP contribution in [0.5, 0.6) is 0 Å². The normalized spacial score (nSPS) is 17.4. The molecule has 138 valence electrons. The van der Waals surface area contributed by atoms with Gasteiger partial charge in [-0.1, -0.05) is 17.7 Å². The monoisotopic (exact) mass is 371 g/mol. The topological polar surface area (TPSA) is 84.2 Å². The van der Waals surface area contributed by atoms with Crippen molar-refractivity contribution in [2.24, 2.45) is 5.73 Å². The fourth-order valence-electron chi connectivity index (χ4n) is 3.84. The Hall–Kier alpha value is -2.18. The number of thiophene rings is 1. The summed E-state index contributed by atoms with van der Waals surface area (Å²) in [4.78, 5) is 25.9. The van der Waals surface area contributed by atoms with Crippen LogP contribution in [0.4, 0.5) is 5.00 Å². The van der Waals surface area contributed by atoms with E-state index in [-0.39, 0.29) is 17.0 Å². The molecule has 1 aliphatic rings. The molecule has 1 aliphatic heterocycles. The smallest absolute Gasteiger partial charge is 0.256 e. The zero-order valence-corrected chi connectivity index (χ0v) is 16.6. The molecule has 26 heavy (non-hydrogen) atoms. The van der Waals surface area contributed by atoms with Gasteiger partial charge in [0.25, 0.3) is 11.8 Å². The molecule has 0 fully saturated rings. The number of hydrogen-bond donors (Lipinski definition) is 3. The molecule has 2 heterocycles. The van der Waals surface area contributed by atoms with Gasteiger partial charge in [-0.3, -0.25) is 9.59 Å². The third kappa shape index (κ3) is 3.39. The third-order valence-electron chi connectivity index (χ3n) is 4.60. The SMILES string of the molecule is Cc1cccc(C(=O)Nc2sc3c(c2C(N)=O)CC(C)(C)NC3(C)C)c1. The number of hydrogen-bond acceptors (Lipinski definition) is 4. The van der Waals surface area contributed by atoms with E-state index in [1.807, 2.05) is 25.1 Å². The van der Waals surface area contributed by atoms with Gasteiger partial charge in [0, 0.05) is 21.5 Å². The van der Waals surface area contributed by atoms with Crippen LogP contribution < -0.4 is 16.4 Å². The van der Waals surface area contributed by atoms with E-state index < -0.39 is 5.91 Å². The van der Waals surface area contributed by atoms with E-state index in [0.717, 1.165) is 16.0 Å². The van der Waals surface area contributed by atoms with E-state index >= 15 is 0 Å². The van der Waals surface area contributed by atoms with Crippen molar-refractivity contribution in [2.75, 3.05) is 5.32 Å². The molecule has 0 aliphatic carbocycles. The molecule has 0 atom stereocenters. The highest BCUT2D eigenvalue weighted by Gasteiger charge is 2.41. The minimum Gasteiger partial charge on any atom is -0.365 e. The zero-order chi connectivity index (χ0) is 19.3. The lowest BCUT2D eigenvalue weighted by Crippen LogP contribution is -2.55. The minimum atomic E-state index is -0.504. The number of primary amides is 1. The van der Waals surface area contributed by atoms with Gasteiger partial charge in [0.15, 0.2) is 0 Å². The molecule has 1 aromatic carbocycles. The Morgan fingerprint density at radius 1 is 1.23 bits per heavy atom. The summed E-state index contributed by atoms with van der Waals surface area (Å²) in [5, 5.41) is 7.04. The van der Waals surface area contributed by atoms with E-state index in [2.05, 4.69) is 38.3 Å².